The maximum absolute atomic E-state index is 12.4. The number of nitrogens with zero attached hydrogens (tertiary/aromatic N) is 4. The summed E-state index contributed by atoms with van der Waals surface area (Å²) >= 11 is 5.88. The fourth-order valence-corrected chi connectivity index (χ4v) is 3.24. The zero-order valence-electron chi connectivity index (χ0n) is 15.4. The monoisotopic (exact) mass is 393 g/mol. The third-order valence-electron chi connectivity index (χ3n) is 4.40. The lowest BCUT2D eigenvalue weighted by Gasteiger charge is -2.35. The topological polar surface area (TPSA) is 104 Å². The van der Waals surface area contributed by atoms with Gasteiger partial charge in [-0.1, -0.05) is 30.6 Å². The van der Waals surface area contributed by atoms with E-state index in [1.54, 1.807) is 6.07 Å². The molecule has 3 rings (SSSR count). The van der Waals surface area contributed by atoms with E-state index in [9.17, 15) is 9.90 Å². The van der Waals surface area contributed by atoms with Gasteiger partial charge in [0, 0.05) is 31.9 Å². The number of amides is 1. The molecule has 2 aromatic rings. The lowest BCUT2D eigenvalue weighted by Crippen LogP contribution is -2.54. The molecular weight excluding hydrogens is 370 g/mol. The molecule has 2 aromatic heterocycles. The number of piperidine rings is 1. The van der Waals surface area contributed by atoms with Gasteiger partial charge in [-0.05, 0) is 18.4 Å². The van der Waals surface area contributed by atoms with E-state index in [2.05, 4.69) is 39.2 Å². The van der Waals surface area contributed by atoms with Crippen LogP contribution in [0.2, 0.25) is 5.02 Å². The van der Waals surface area contributed by atoms with E-state index in [1.807, 2.05) is 0 Å². The summed E-state index contributed by atoms with van der Waals surface area (Å²) < 4.78 is 5.27. The summed E-state index contributed by atoms with van der Waals surface area (Å²) in [5.74, 6) is 1.39. The molecule has 146 valence electrons. The highest BCUT2D eigenvalue weighted by molar-refractivity contribution is 6.30. The zero-order valence-corrected chi connectivity index (χ0v) is 16.2. The van der Waals surface area contributed by atoms with Gasteiger partial charge in [0.2, 0.25) is 5.89 Å². The molecule has 1 saturated heterocycles. The van der Waals surface area contributed by atoms with Crippen LogP contribution in [0.15, 0.2) is 23.0 Å². The molecule has 2 atom stereocenters. The molecule has 1 amide bonds. The SMILES string of the molecule is CC(C)Cc1nc(CN2CC[C@H](O)[C@H](NC(=O)c3cncc(Cl)c3)C2)no1. The third kappa shape index (κ3) is 5.47. The Bertz CT molecular complexity index is 782. The molecule has 2 N–H and O–H groups in total. The number of rotatable bonds is 6. The molecule has 9 heteroatoms. The Morgan fingerprint density at radius 2 is 2.30 bits per heavy atom. The number of carbonyl (C=O) groups excluding carboxylic acids is 1. The van der Waals surface area contributed by atoms with Gasteiger partial charge in [-0.2, -0.15) is 4.98 Å². The molecule has 27 heavy (non-hydrogen) atoms. The maximum atomic E-state index is 12.4. The van der Waals surface area contributed by atoms with Crippen molar-refractivity contribution in [3.63, 3.8) is 0 Å². The lowest BCUT2D eigenvalue weighted by atomic mass is 10.0. The lowest BCUT2D eigenvalue weighted by molar-refractivity contribution is 0.0400. The minimum absolute atomic E-state index is 0.310. The number of nitrogens with one attached hydrogen (secondary N) is 1. The van der Waals surface area contributed by atoms with Crippen molar-refractivity contribution in [3.8, 4) is 0 Å². The standard InChI is InChI=1S/C18H24ClN5O3/c1-11(2)5-17-22-16(23-27-17)10-24-4-3-15(25)14(9-24)21-18(26)12-6-13(19)8-20-7-12/h6-8,11,14-15,25H,3-5,9-10H2,1-2H3,(H,21,26)/t14-,15+/m1/s1. The summed E-state index contributed by atoms with van der Waals surface area (Å²) in [6.07, 6.45) is 3.60. The van der Waals surface area contributed by atoms with Gasteiger partial charge < -0.3 is 14.9 Å². The highest BCUT2D eigenvalue weighted by atomic mass is 35.5. The summed E-state index contributed by atoms with van der Waals surface area (Å²) in [4.78, 5) is 22.8. The Balaban J connectivity index is 1.59. The second-order valence-corrected chi connectivity index (χ2v) is 7.70. The van der Waals surface area contributed by atoms with E-state index in [0.717, 1.165) is 6.42 Å². The van der Waals surface area contributed by atoms with E-state index < -0.39 is 12.1 Å². The summed E-state index contributed by atoms with van der Waals surface area (Å²) in [6.45, 7) is 5.89. The molecule has 1 aliphatic rings. The fraction of sp³-hybridized carbons (Fsp3) is 0.556. The molecule has 0 bridgehead atoms. The zero-order chi connectivity index (χ0) is 19.4. The highest BCUT2D eigenvalue weighted by Gasteiger charge is 2.30. The van der Waals surface area contributed by atoms with Crippen LogP contribution in [0, 0.1) is 5.92 Å². The van der Waals surface area contributed by atoms with E-state index in [-0.39, 0.29) is 5.91 Å². The van der Waals surface area contributed by atoms with Gasteiger partial charge in [-0.15, -0.1) is 0 Å². The van der Waals surface area contributed by atoms with Crippen LogP contribution in [0.1, 0.15) is 42.3 Å². The molecule has 0 unspecified atom stereocenters. The minimum atomic E-state index is -0.612. The molecule has 1 aliphatic heterocycles. The normalized spacial score (nSPS) is 20.8. The Hall–Kier alpha value is -2.03. The van der Waals surface area contributed by atoms with Crippen LogP contribution in [0.4, 0.5) is 0 Å². The van der Waals surface area contributed by atoms with E-state index in [0.29, 0.717) is 54.3 Å². The number of aromatic nitrogens is 3. The summed E-state index contributed by atoms with van der Waals surface area (Å²) in [5.41, 5.74) is 0.364. The van der Waals surface area contributed by atoms with Crippen molar-refractivity contribution in [3.05, 3.63) is 40.8 Å². The Labute approximate surface area is 162 Å². The van der Waals surface area contributed by atoms with Crippen LogP contribution in [0.5, 0.6) is 0 Å². The molecule has 1 fully saturated rings. The maximum Gasteiger partial charge on any atom is 0.253 e. The molecule has 0 radical (unpaired) electrons. The molecular formula is C18H24ClN5O3. The number of halogens is 1. The fourth-order valence-electron chi connectivity index (χ4n) is 3.07. The van der Waals surface area contributed by atoms with Gasteiger partial charge in [0.15, 0.2) is 5.82 Å². The summed E-state index contributed by atoms with van der Waals surface area (Å²) in [5, 5.41) is 17.6. The second-order valence-electron chi connectivity index (χ2n) is 7.27. The van der Waals surface area contributed by atoms with Crippen LogP contribution in [0.25, 0.3) is 0 Å². The first-order valence-electron chi connectivity index (χ1n) is 9.04. The number of pyridine rings is 1. The molecule has 0 aliphatic carbocycles. The molecule has 8 nitrogen and oxygen atoms in total. The predicted octanol–water partition coefficient (Wildman–Crippen LogP) is 1.68. The molecule has 0 saturated carbocycles. The van der Waals surface area contributed by atoms with Crippen LogP contribution in [-0.4, -0.2) is 56.3 Å². The first-order valence-corrected chi connectivity index (χ1v) is 9.42. The van der Waals surface area contributed by atoms with Crippen LogP contribution < -0.4 is 5.32 Å². The van der Waals surface area contributed by atoms with Crippen molar-refractivity contribution < 1.29 is 14.4 Å². The van der Waals surface area contributed by atoms with Crippen LogP contribution >= 0.6 is 11.6 Å². The van der Waals surface area contributed by atoms with Gasteiger partial charge in [-0.3, -0.25) is 14.7 Å². The number of aliphatic hydroxyl groups excluding tert-OH is 1. The number of hydrogen-bond acceptors (Lipinski definition) is 7. The first kappa shape index (κ1) is 19.7. The van der Waals surface area contributed by atoms with Gasteiger partial charge >= 0.3 is 0 Å². The molecule has 0 spiro atoms. The predicted molar refractivity (Wildman–Crippen MR) is 99.2 cm³/mol. The summed E-state index contributed by atoms with van der Waals surface area (Å²) in [6, 6.07) is 1.15. The third-order valence-corrected chi connectivity index (χ3v) is 4.61. The smallest absolute Gasteiger partial charge is 0.253 e. The second kappa shape index (κ2) is 8.77. The average Bonchev–Trinajstić information content (AvgIpc) is 3.04. The average molecular weight is 394 g/mol. The van der Waals surface area contributed by atoms with Crippen molar-refractivity contribution in [2.24, 2.45) is 5.92 Å². The van der Waals surface area contributed by atoms with Crippen LogP contribution in [0.3, 0.4) is 0 Å². The van der Waals surface area contributed by atoms with Gasteiger partial charge in [0.1, 0.15) is 0 Å². The highest BCUT2D eigenvalue weighted by Crippen LogP contribution is 2.15. The largest absolute Gasteiger partial charge is 0.391 e. The van der Waals surface area contributed by atoms with Crippen molar-refractivity contribution in [1.82, 2.24) is 25.3 Å². The first-order chi connectivity index (χ1) is 12.9. The number of aliphatic hydroxyl groups is 1. The molecule has 0 aromatic carbocycles. The Morgan fingerprint density at radius 3 is 3.04 bits per heavy atom. The van der Waals surface area contributed by atoms with Crippen molar-refractivity contribution in [2.45, 2.75) is 45.4 Å². The number of carbonyl (C=O) groups is 1. The van der Waals surface area contributed by atoms with E-state index >= 15 is 0 Å². The van der Waals surface area contributed by atoms with Gasteiger partial charge in [-0.25, -0.2) is 0 Å². The van der Waals surface area contributed by atoms with E-state index in [1.165, 1.54) is 12.4 Å². The number of hydrogen-bond donors (Lipinski definition) is 2. The van der Waals surface area contributed by atoms with Gasteiger partial charge in [0.25, 0.3) is 5.91 Å². The van der Waals surface area contributed by atoms with E-state index in [4.69, 9.17) is 16.1 Å². The quantitative estimate of drug-likeness (QED) is 0.769. The van der Waals surface area contributed by atoms with Crippen molar-refractivity contribution in [1.29, 1.82) is 0 Å². The van der Waals surface area contributed by atoms with Crippen molar-refractivity contribution in [2.75, 3.05) is 13.1 Å². The Kier molecular flexibility index (Phi) is 6.41. The number of likely N-dealkylation sites (tertiary alicyclic amines) is 1. The van der Waals surface area contributed by atoms with Crippen LogP contribution in [-0.2, 0) is 13.0 Å². The molecule has 3 heterocycles. The van der Waals surface area contributed by atoms with Crippen molar-refractivity contribution >= 4 is 17.5 Å². The Morgan fingerprint density at radius 1 is 1.48 bits per heavy atom. The van der Waals surface area contributed by atoms with Gasteiger partial charge in [0.05, 0.1) is 29.3 Å². The summed E-state index contributed by atoms with van der Waals surface area (Å²) in [7, 11) is 0. The minimum Gasteiger partial charge on any atom is -0.391 e.